The molecule has 0 amide bonds. The molecule has 11 nitrogen and oxygen atoms in total. The van der Waals surface area contributed by atoms with Crippen LogP contribution in [0, 0.1) is 27.2 Å². The Morgan fingerprint density at radius 3 is 2.43 bits per heavy atom. The molecule has 0 unspecified atom stereocenters. The Kier molecular flexibility index (Phi) is 5.92. The van der Waals surface area contributed by atoms with Gasteiger partial charge in [-0.25, -0.2) is 10.4 Å². The summed E-state index contributed by atoms with van der Waals surface area (Å²) in [5, 5.41) is 26.4. The van der Waals surface area contributed by atoms with Crippen molar-refractivity contribution in [3.8, 4) is 0 Å². The van der Waals surface area contributed by atoms with E-state index in [9.17, 15) is 20.2 Å². The lowest BCUT2D eigenvalue weighted by Gasteiger charge is -2.19. The number of non-ortho nitro benzene ring substituents is 1. The first-order valence-electron chi connectivity index (χ1n) is 8.72. The van der Waals surface area contributed by atoms with E-state index in [0.717, 1.165) is 0 Å². The third-order valence-electron chi connectivity index (χ3n) is 4.14. The first-order chi connectivity index (χ1) is 14.4. The lowest BCUT2D eigenvalue weighted by Crippen LogP contribution is -2.16. The maximum atomic E-state index is 11.6. The Hall–Kier alpha value is -4.41. The van der Waals surface area contributed by atoms with Gasteiger partial charge in [0, 0.05) is 30.4 Å². The van der Waals surface area contributed by atoms with Crippen LogP contribution < -0.4 is 10.3 Å². The molecule has 0 aliphatic heterocycles. The van der Waals surface area contributed by atoms with Gasteiger partial charge in [-0.1, -0.05) is 30.3 Å². The Bertz CT molecular complexity index is 1120. The number of aromatic nitrogens is 2. The molecule has 11 heteroatoms. The molecule has 2 aromatic carbocycles. The summed E-state index contributed by atoms with van der Waals surface area (Å²) >= 11 is 0. The lowest BCUT2D eigenvalue weighted by atomic mass is 10.2. The molecule has 0 bridgehead atoms. The van der Waals surface area contributed by atoms with Crippen molar-refractivity contribution in [3.63, 3.8) is 0 Å². The number of anilines is 3. The third kappa shape index (κ3) is 4.52. The number of hydrazone groups is 1. The maximum Gasteiger partial charge on any atom is 0.333 e. The van der Waals surface area contributed by atoms with Gasteiger partial charge >= 0.3 is 5.69 Å². The monoisotopic (exact) mass is 407 g/mol. The smallest absolute Gasteiger partial charge is 0.324 e. The molecule has 1 heterocycles. The molecule has 0 spiro atoms. The summed E-state index contributed by atoms with van der Waals surface area (Å²) in [4.78, 5) is 31.3. The zero-order valence-electron chi connectivity index (χ0n) is 16.1. The average Bonchev–Trinajstić information content (AvgIpc) is 2.73. The van der Waals surface area contributed by atoms with Crippen molar-refractivity contribution >= 4 is 35.0 Å². The molecule has 1 aromatic heterocycles. The summed E-state index contributed by atoms with van der Waals surface area (Å²) in [7, 11) is 1.67. The van der Waals surface area contributed by atoms with E-state index in [2.05, 4.69) is 20.5 Å². The molecule has 0 saturated heterocycles. The van der Waals surface area contributed by atoms with Crippen LogP contribution in [0.1, 0.15) is 11.3 Å². The number of hydrogen-bond acceptors (Lipinski definition) is 9. The van der Waals surface area contributed by atoms with Crippen molar-refractivity contribution in [3.05, 3.63) is 86.1 Å². The molecule has 0 fully saturated rings. The summed E-state index contributed by atoms with van der Waals surface area (Å²) in [6.45, 7) is 1.51. The number of hydrogen-bond donors (Lipinski definition) is 1. The molecule has 0 saturated carbocycles. The summed E-state index contributed by atoms with van der Waals surface area (Å²) in [5.41, 5.74) is 3.73. The highest BCUT2D eigenvalue weighted by Crippen LogP contribution is 2.33. The summed E-state index contributed by atoms with van der Waals surface area (Å²) in [5.74, 6) is 0.157. The minimum atomic E-state index is -0.528. The number of nitro benzene ring substituents is 1. The number of rotatable bonds is 7. The van der Waals surface area contributed by atoms with E-state index < -0.39 is 9.85 Å². The van der Waals surface area contributed by atoms with Crippen LogP contribution in [0.15, 0.2) is 59.7 Å². The molecule has 30 heavy (non-hydrogen) atoms. The number of nitrogens with one attached hydrogen (secondary N) is 1. The van der Waals surface area contributed by atoms with Crippen molar-refractivity contribution in [2.24, 2.45) is 5.10 Å². The fourth-order valence-corrected chi connectivity index (χ4v) is 2.71. The van der Waals surface area contributed by atoms with E-state index in [1.807, 2.05) is 18.2 Å². The minimum absolute atomic E-state index is 0.0533. The Balaban J connectivity index is 1.91. The number of nitrogens with zero attached hydrogens (tertiary/aromatic N) is 6. The van der Waals surface area contributed by atoms with Crippen molar-refractivity contribution in [1.29, 1.82) is 0 Å². The van der Waals surface area contributed by atoms with Crippen LogP contribution in [-0.2, 0) is 0 Å². The van der Waals surface area contributed by atoms with Crippen LogP contribution in [0.5, 0.6) is 0 Å². The van der Waals surface area contributed by atoms with E-state index in [0.29, 0.717) is 11.3 Å². The number of para-hydroxylation sites is 1. The highest BCUT2D eigenvalue weighted by Gasteiger charge is 2.25. The van der Waals surface area contributed by atoms with Gasteiger partial charge in [-0.3, -0.25) is 20.2 Å². The van der Waals surface area contributed by atoms with Crippen LogP contribution in [-0.4, -0.2) is 33.1 Å². The van der Waals surface area contributed by atoms with E-state index in [1.165, 1.54) is 25.3 Å². The largest absolute Gasteiger partial charge is 0.333 e. The first-order valence-corrected chi connectivity index (χ1v) is 8.72. The van der Waals surface area contributed by atoms with Gasteiger partial charge in [0.05, 0.1) is 16.1 Å². The molecular formula is C19H17N7O4. The predicted octanol–water partition coefficient (Wildman–Crippen LogP) is 3.82. The van der Waals surface area contributed by atoms with Gasteiger partial charge in [0.25, 0.3) is 5.69 Å². The van der Waals surface area contributed by atoms with Crippen molar-refractivity contribution in [2.75, 3.05) is 17.4 Å². The summed E-state index contributed by atoms with van der Waals surface area (Å²) < 4.78 is 0. The number of benzene rings is 2. The standard InChI is InChI=1S/C19H17N7O4/c1-13-17(26(29)30)18(24(2)15-8-4-3-5-9-15)22-19(21-13)23-20-12-14-7-6-10-16(11-14)25(27)28/h3-12H,1-2H3,(H,21,22,23)/b20-12-. The molecule has 0 atom stereocenters. The van der Waals surface area contributed by atoms with Gasteiger partial charge in [0.2, 0.25) is 11.8 Å². The van der Waals surface area contributed by atoms with Gasteiger partial charge in [-0.05, 0) is 19.1 Å². The topological polar surface area (TPSA) is 140 Å². The zero-order chi connectivity index (χ0) is 21.7. The van der Waals surface area contributed by atoms with Crippen molar-refractivity contribution in [2.45, 2.75) is 6.92 Å². The Labute approximate surface area is 171 Å². The predicted molar refractivity (Wildman–Crippen MR) is 112 cm³/mol. The second-order valence-electron chi connectivity index (χ2n) is 6.18. The van der Waals surface area contributed by atoms with E-state index in [4.69, 9.17) is 0 Å². The molecule has 3 aromatic rings. The first kappa shape index (κ1) is 20.3. The molecule has 152 valence electrons. The fraction of sp³-hybridized carbons (Fsp3) is 0.105. The molecular weight excluding hydrogens is 390 g/mol. The Morgan fingerprint density at radius 2 is 1.77 bits per heavy atom. The minimum Gasteiger partial charge on any atom is -0.324 e. The quantitative estimate of drug-likeness (QED) is 0.354. The van der Waals surface area contributed by atoms with E-state index in [1.54, 1.807) is 36.2 Å². The second-order valence-corrected chi connectivity index (χ2v) is 6.18. The van der Waals surface area contributed by atoms with Crippen LogP contribution in [0.4, 0.5) is 28.8 Å². The molecule has 0 aliphatic rings. The molecule has 0 aliphatic carbocycles. The van der Waals surface area contributed by atoms with Gasteiger partial charge in [-0.2, -0.15) is 10.1 Å². The van der Waals surface area contributed by atoms with Crippen molar-refractivity contribution in [1.82, 2.24) is 9.97 Å². The van der Waals surface area contributed by atoms with E-state index in [-0.39, 0.29) is 28.8 Å². The van der Waals surface area contributed by atoms with Gasteiger partial charge in [0.15, 0.2) is 0 Å². The van der Waals surface area contributed by atoms with Crippen LogP contribution in [0.3, 0.4) is 0 Å². The second kappa shape index (κ2) is 8.73. The zero-order valence-corrected chi connectivity index (χ0v) is 16.1. The van der Waals surface area contributed by atoms with Crippen LogP contribution >= 0.6 is 0 Å². The summed E-state index contributed by atoms with van der Waals surface area (Å²) in [6.07, 6.45) is 1.37. The molecule has 3 rings (SSSR count). The summed E-state index contributed by atoms with van der Waals surface area (Å²) in [6, 6.07) is 15.0. The maximum absolute atomic E-state index is 11.6. The normalized spacial score (nSPS) is 10.7. The van der Waals surface area contributed by atoms with Crippen LogP contribution in [0.2, 0.25) is 0 Å². The number of aryl methyl sites for hydroxylation is 1. The highest BCUT2D eigenvalue weighted by molar-refractivity contribution is 5.81. The van der Waals surface area contributed by atoms with Gasteiger partial charge in [0.1, 0.15) is 5.69 Å². The lowest BCUT2D eigenvalue weighted by molar-refractivity contribution is -0.385. The van der Waals surface area contributed by atoms with Gasteiger partial charge in [-0.15, -0.1) is 0 Å². The van der Waals surface area contributed by atoms with Crippen LogP contribution in [0.25, 0.3) is 0 Å². The molecule has 1 N–H and O–H groups in total. The Morgan fingerprint density at radius 1 is 1.03 bits per heavy atom. The van der Waals surface area contributed by atoms with Gasteiger partial charge < -0.3 is 4.90 Å². The fourth-order valence-electron chi connectivity index (χ4n) is 2.71. The molecule has 0 radical (unpaired) electrons. The number of nitro groups is 2. The third-order valence-corrected chi connectivity index (χ3v) is 4.14. The van der Waals surface area contributed by atoms with E-state index >= 15 is 0 Å². The highest BCUT2D eigenvalue weighted by atomic mass is 16.6. The SMILES string of the molecule is Cc1nc(N/N=C\c2cccc([N+](=O)[O-])c2)nc(N(C)c2ccccc2)c1[N+](=O)[O-]. The van der Waals surface area contributed by atoms with Crippen molar-refractivity contribution < 1.29 is 9.85 Å². The average molecular weight is 407 g/mol.